The van der Waals surface area contributed by atoms with Crippen LogP contribution in [-0.4, -0.2) is 14.4 Å². The van der Waals surface area contributed by atoms with Crippen LogP contribution in [0.25, 0.3) is 0 Å². The topological polar surface area (TPSA) is 35.2 Å². The highest BCUT2D eigenvalue weighted by Gasteiger charge is 2.33. The first-order valence-corrected chi connectivity index (χ1v) is 8.89. The molecule has 1 aromatic carbocycles. The van der Waals surface area contributed by atoms with Crippen LogP contribution in [0.4, 0.5) is 0 Å². The molecule has 2 unspecified atom stereocenters. The van der Waals surface area contributed by atoms with Gasteiger partial charge in [0.25, 0.3) is 0 Å². The van der Waals surface area contributed by atoms with Crippen molar-refractivity contribution in [2.45, 2.75) is 38.2 Å². The van der Waals surface area contributed by atoms with Gasteiger partial charge in [-0.2, -0.15) is 0 Å². The Morgan fingerprint density at radius 2 is 1.93 bits per heavy atom. The summed E-state index contributed by atoms with van der Waals surface area (Å²) in [6, 6.07) is 8.57. The van der Waals surface area contributed by atoms with Crippen LogP contribution in [-0.2, 0) is 10.8 Å². The fraction of sp³-hybridized carbons (Fsp3) is 0.500. The monoisotopic (exact) mass is 221 g/mol. The summed E-state index contributed by atoms with van der Waals surface area (Å²) in [4.78, 5) is 0. The number of hydrogen-bond donors (Lipinski definition) is 1. The molecule has 82 valence electrons. The quantitative estimate of drug-likeness (QED) is 0.779. The molecule has 0 spiro atoms. The number of nitrogens with two attached hydrogens (primary N) is 1. The second kappa shape index (κ2) is 3.74. The molecule has 0 fully saturated rings. The molecule has 0 aliphatic heterocycles. The van der Waals surface area contributed by atoms with Gasteiger partial charge in [-0.05, 0) is 37.2 Å². The molecule has 3 heteroatoms. The number of fused-ring (bicyclic) bond motifs is 1. The average molecular weight is 221 g/mol. The van der Waals surface area contributed by atoms with E-state index in [0.29, 0.717) is 0 Å². The van der Waals surface area contributed by atoms with E-state index in [1.54, 1.807) is 0 Å². The lowest BCUT2D eigenvalue weighted by molar-refractivity contribution is 0.179. The predicted octanol–water partition coefficient (Wildman–Crippen LogP) is 2.46. The molecule has 2 N–H and O–H groups in total. The summed E-state index contributed by atoms with van der Waals surface area (Å²) in [5.74, 6) is 0. The van der Waals surface area contributed by atoms with Gasteiger partial charge >= 0.3 is 0 Å². The third kappa shape index (κ3) is 2.30. The molecule has 0 heterocycles. The minimum Gasteiger partial charge on any atom is -0.409 e. The average Bonchev–Trinajstić information content (AvgIpc) is 2.41. The van der Waals surface area contributed by atoms with Crippen LogP contribution in [0.2, 0.25) is 19.6 Å². The Bertz CT molecular complexity index is 359. The van der Waals surface area contributed by atoms with E-state index in [4.69, 9.17) is 10.2 Å². The van der Waals surface area contributed by atoms with Gasteiger partial charge in [-0.25, -0.2) is 0 Å². The van der Waals surface area contributed by atoms with Crippen LogP contribution in [0.1, 0.15) is 17.2 Å². The zero-order chi connectivity index (χ0) is 11.1. The van der Waals surface area contributed by atoms with Crippen molar-refractivity contribution < 1.29 is 4.43 Å². The Morgan fingerprint density at radius 1 is 1.27 bits per heavy atom. The molecule has 2 rings (SSSR count). The van der Waals surface area contributed by atoms with Gasteiger partial charge in [0.15, 0.2) is 8.32 Å². The van der Waals surface area contributed by atoms with E-state index in [9.17, 15) is 0 Å². The summed E-state index contributed by atoms with van der Waals surface area (Å²) in [7, 11) is -1.51. The van der Waals surface area contributed by atoms with Gasteiger partial charge < -0.3 is 10.2 Å². The molecule has 0 bridgehead atoms. The zero-order valence-corrected chi connectivity index (χ0v) is 10.7. The normalized spacial score (nSPS) is 25.3. The van der Waals surface area contributed by atoms with E-state index in [1.807, 2.05) is 0 Å². The molecule has 0 saturated heterocycles. The van der Waals surface area contributed by atoms with Crippen molar-refractivity contribution in [3.8, 4) is 0 Å². The number of rotatable bonds is 2. The van der Waals surface area contributed by atoms with E-state index in [-0.39, 0.29) is 12.1 Å². The summed E-state index contributed by atoms with van der Waals surface area (Å²) in [5.41, 5.74) is 8.79. The SMILES string of the molecule is C[Si](C)(C)OC1c2ccccc2CC1N. The molecule has 0 radical (unpaired) electrons. The maximum Gasteiger partial charge on any atom is 0.184 e. The van der Waals surface area contributed by atoms with Crippen LogP contribution in [0, 0.1) is 0 Å². The molecular weight excluding hydrogens is 202 g/mol. The largest absolute Gasteiger partial charge is 0.409 e. The van der Waals surface area contributed by atoms with Crippen molar-refractivity contribution in [3.05, 3.63) is 35.4 Å². The fourth-order valence-corrected chi connectivity index (χ4v) is 3.18. The summed E-state index contributed by atoms with van der Waals surface area (Å²) < 4.78 is 6.15. The Balaban J connectivity index is 2.26. The zero-order valence-electron chi connectivity index (χ0n) is 9.66. The first-order chi connectivity index (χ1) is 6.97. The van der Waals surface area contributed by atoms with Crippen molar-refractivity contribution in [3.63, 3.8) is 0 Å². The van der Waals surface area contributed by atoms with Crippen LogP contribution in [0.3, 0.4) is 0 Å². The van der Waals surface area contributed by atoms with Crippen molar-refractivity contribution >= 4 is 8.32 Å². The second-order valence-corrected chi connectivity index (χ2v) is 9.68. The van der Waals surface area contributed by atoms with Crippen molar-refractivity contribution in [1.29, 1.82) is 0 Å². The van der Waals surface area contributed by atoms with Crippen molar-refractivity contribution in [1.82, 2.24) is 0 Å². The molecule has 1 aliphatic carbocycles. The van der Waals surface area contributed by atoms with Gasteiger partial charge in [-0.1, -0.05) is 24.3 Å². The van der Waals surface area contributed by atoms with Crippen molar-refractivity contribution in [2.75, 3.05) is 0 Å². The van der Waals surface area contributed by atoms with Gasteiger partial charge in [0.05, 0.1) is 6.10 Å². The molecule has 2 atom stereocenters. The molecule has 0 aromatic heterocycles. The van der Waals surface area contributed by atoms with E-state index >= 15 is 0 Å². The first-order valence-electron chi connectivity index (χ1n) is 5.48. The Hall–Kier alpha value is -0.643. The molecular formula is C12H19NOSi. The Kier molecular flexibility index (Phi) is 2.71. The molecule has 15 heavy (non-hydrogen) atoms. The Labute approximate surface area is 92.6 Å². The van der Waals surface area contributed by atoms with Gasteiger partial charge in [-0.3, -0.25) is 0 Å². The van der Waals surface area contributed by atoms with E-state index in [1.165, 1.54) is 11.1 Å². The Morgan fingerprint density at radius 3 is 2.60 bits per heavy atom. The van der Waals surface area contributed by atoms with E-state index < -0.39 is 8.32 Å². The van der Waals surface area contributed by atoms with E-state index in [2.05, 4.69) is 43.9 Å². The van der Waals surface area contributed by atoms with E-state index in [0.717, 1.165) is 6.42 Å². The lowest BCUT2D eigenvalue weighted by Gasteiger charge is -2.26. The van der Waals surface area contributed by atoms with Crippen LogP contribution in [0.15, 0.2) is 24.3 Å². The van der Waals surface area contributed by atoms with Gasteiger partial charge in [0.1, 0.15) is 0 Å². The van der Waals surface area contributed by atoms with Gasteiger partial charge in [-0.15, -0.1) is 0 Å². The minimum atomic E-state index is -1.51. The standard InChI is InChI=1S/C12H19NOSi/c1-15(2,3)14-12-10-7-5-4-6-9(10)8-11(12)13/h4-7,11-12H,8,13H2,1-3H3. The summed E-state index contributed by atoms with van der Waals surface area (Å²) in [5, 5.41) is 0. The maximum absolute atomic E-state index is 6.15. The van der Waals surface area contributed by atoms with Gasteiger partial charge in [0.2, 0.25) is 0 Å². The molecule has 0 saturated carbocycles. The third-order valence-corrected chi connectivity index (χ3v) is 3.65. The van der Waals surface area contributed by atoms with Gasteiger partial charge in [0, 0.05) is 6.04 Å². The lowest BCUT2D eigenvalue weighted by Crippen LogP contribution is -2.35. The van der Waals surface area contributed by atoms with Crippen LogP contribution in [0.5, 0.6) is 0 Å². The highest BCUT2D eigenvalue weighted by Crippen LogP contribution is 2.34. The highest BCUT2D eigenvalue weighted by molar-refractivity contribution is 6.69. The van der Waals surface area contributed by atoms with Crippen LogP contribution >= 0.6 is 0 Å². The lowest BCUT2D eigenvalue weighted by atomic mass is 10.1. The molecule has 2 nitrogen and oxygen atoms in total. The van der Waals surface area contributed by atoms with Crippen LogP contribution < -0.4 is 5.73 Å². The minimum absolute atomic E-state index is 0.118. The maximum atomic E-state index is 6.15. The molecule has 0 amide bonds. The second-order valence-electron chi connectivity index (χ2n) is 5.22. The van der Waals surface area contributed by atoms with Crippen molar-refractivity contribution in [2.24, 2.45) is 5.73 Å². The molecule has 1 aromatic rings. The third-order valence-electron chi connectivity index (χ3n) is 2.69. The fourth-order valence-electron chi connectivity index (χ4n) is 2.12. The first kappa shape index (κ1) is 10.9. The highest BCUT2D eigenvalue weighted by atomic mass is 28.4. The smallest absolute Gasteiger partial charge is 0.184 e. The summed E-state index contributed by atoms with van der Waals surface area (Å²) in [6.45, 7) is 6.63. The molecule has 1 aliphatic rings. The summed E-state index contributed by atoms with van der Waals surface area (Å²) in [6.07, 6.45) is 1.07. The summed E-state index contributed by atoms with van der Waals surface area (Å²) >= 11 is 0. The predicted molar refractivity (Wildman–Crippen MR) is 65.3 cm³/mol. The number of benzene rings is 1. The number of hydrogen-bond acceptors (Lipinski definition) is 2.